The van der Waals surface area contributed by atoms with Gasteiger partial charge in [-0.25, -0.2) is 13.1 Å². The Hall–Kier alpha value is -3.47. The van der Waals surface area contributed by atoms with Gasteiger partial charge in [0.05, 0.1) is 16.5 Å². The fourth-order valence-corrected chi connectivity index (χ4v) is 4.77. The third-order valence-corrected chi connectivity index (χ3v) is 6.81. The summed E-state index contributed by atoms with van der Waals surface area (Å²) in [5.74, 6) is -0.235. The van der Waals surface area contributed by atoms with Crippen molar-refractivity contribution in [3.8, 4) is 6.07 Å². The van der Waals surface area contributed by atoms with Crippen LogP contribution in [0, 0.1) is 18.3 Å². The highest BCUT2D eigenvalue weighted by atomic mass is 32.2. The van der Waals surface area contributed by atoms with Crippen molar-refractivity contribution in [2.45, 2.75) is 38.3 Å². The molecular formula is C26H27N3O3S. The molecule has 33 heavy (non-hydrogen) atoms. The van der Waals surface area contributed by atoms with Crippen LogP contribution in [-0.4, -0.2) is 25.8 Å². The number of benzene rings is 3. The third-order valence-electron chi connectivity index (χ3n) is 5.27. The molecule has 0 atom stereocenters. The molecule has 0 aromatic heterocycles. The molecule has 0 fully saturated rings. The lowest BCUT2D eigenvalue weighted by Gasteiger charge is -2.23. The van der Waals surface area contributed by atoms with Crippen molar-refractivity contribution in [2.24, 2.45) is 0 Å². The van der Waals surface area contributed by atoms with Crippen molar-refractivity contribution in [1.29, 1.82) is 5.26 Å². The molecule has 3 aromatic rings. The van der Waals surface area contributed by atoms with Gasteiger partial charge in [-0.05, 0) is 54.3 Å². The van der Waals surface area contributed by atoms with Crippen molar-refractivity contribution in [3.05, 3.63) is 101 Å². The zero-order valence-corrected chi connectivity index (χ0v) is 19.6. The van der Waals surface area contributed by atoms with Crippen LogP contribution in [-0.2, 0) is 23.1 Å². The molecule has 0 saturated heterocycles. The first-order valence-electron chi connectivity index (χ1n) is 10.8. The summed E-state index contributed by atoms with van der Waals surface area (Å²) in [5, 5.41) is 8.98. The number of rotatable bonds is 9. The molecule has 0 aliphatic heterocycles. The summed E-state index contributed by atoms with van der Waals surface area (Å²) in [6, 6.07) is 23.2. The second-order valence-corrected chi connectivity index (χ2v) is 9.56. The second kappa shape index (κ2) is 10.9. The summed E-state index contributed by atoms with van der Waals surface area (Å²) in [6.45, 7) is 4.77. The van der Waals surface area contributed by atoms with Gasteiger partial charge >= 0.3 is 0 Å². The van der Waals surface area contributed by atoms with E-state index in [9.17, 15) is 13.2 Å². The number of carbonyl (C=O) groups excluding carboxylic acids is 1. The highest BCUT2D eigenvalue weighted by molar-refractivity contribution is 7.89. The van der Waals surface area contributed by atoms with E-state index in [1.807, 2.05) is 49.4 Å². The molecule has 0 unspecified atom stereocenters. The number of nitrogens with one attached hydrogen (secondary N) is 1. The molecule has 3 aromatic carbocycles. The van der Waals surface area contributed by atoms with Crippen LogP contribution in [0.5, 0.6) is 0 Å². The smallest absolute Gasteiger partial charge is 0.254 e. The lowest BCUT2D eigenvalue weighted by atomic mass is 10.1. The molecule has 0 aliphatic carbocycles. The highest BCUT2D eigenvalue weighted by Gasteiger charge is 2.21. The average molecular weight is 462 g/mol. The van der Waals surface area contributed by atoms with E-state index in [0.717, 1.165) is 17.5 Å². The molecule has 3 rings (SSSR count). The fraction of sp³-hybridized carbons (Fsp3) is 0.231. The largest absolute Gasteiger partial charge is 0.334 e. The summed E-state index contributed by atoms with van der Waals surface area (Å²) in [5.41, 5.74) is 3.20. The quantitative estimate of drug-likeness (QED) is 0.511. The maximum atomic E-state index is 13.3. The SMILES string of the molecule is CCCN(Cc1ccc(C#N)cc1)C(=O)c1ccc(C)c(S(=O)(=O)NCc2ccccc2)c1. The molecule has 0 spiro atoms. The predicted molar refractivity (Wildman–Crippen MR) is 128 cm³/mol. The lowest BCUT2D eigenvalue weighted by Crippen LogP contribution is -2.32. The van der Waals surface area contributed by atoms with Crippen molar-refractivity contribution >= 4 is 15.9 Å². The third kappa shape index (κ3) is 6.28. The Morgan fingerprint density at radius 2 is 1.70 bits per heavy atom. The topological polar surface area (TPSA) is 90.3 Å². The van der Waals surface area contributed by atoms with Gasteiger partial charge in [-0.15, -0.1) is 0 Å². The second-order valence-electron chi connectivity index (χ2n) is 7.83. The van der Waals surface area contributed by atoms with Gasteiger partial charge in [0, 0.05) is 25.2 Å². The normalized spacial score (nSPS) is 11.1. The summed E-state index contributed by atoms with van der Waals surface area (Å²) in [4.78, 5) is 15.1. The summed E-state index contributed by atoms with van der Waals surface area (Å²) < 4.78 is 28.6. The Balaban J connectivity index is 1.82. The highest BCUT2D eigenvalue weighted by Crippen LogP contribution is 2.20. The molecule has 0 bridgehead atoms. The number of nitriles is 1. The van der Waals surface area contributed by atoms with Gasteiger partial charge < -0.3 is 4.90 Å². The van der Waals surface area contributed by atoms with Gasteiger partial charge in [-0.1, -0.05) is 55.5 Å². The molecule has 0 radical (unpaired) electrons. The van der Waals surface area contributed by atoms with Crippen LogP contribution in [0.25, 0.3) is 0 Å². The van der Waals surface area contributed by atoms with Crippen LogP contribution >= 0.6 is 0 Å². The van der Waals surface area contributed by atoms with Crippen LogP contribution in [0.1, 0.15) is 46.0 Å². The van der Waals surface area contributed by atoms with Crippen LogP contribution in [0.15, 0.2) is 77.7 Å². The first-order chi connectivity index (χ1) is 15.8. The number of nitrogens with zero attached hydrogens (tertiary/aromatic N) is 2. The Bertz CT molecular complexity index is 1250. The summed E-state index contributed by atoms with van der Waals surface area (Å²) >= 11 is 0. The van der Waals surface area contributed by atoms with Crippen molar-refractivity contribution in [2.75, 3.05) is 6.54 Å². The van der Waals surface area contributed by atoms with Crippen molar-refractivity contribution in [1.82, 2.24) is 9.62 Å². The monoisotopic (exact) mass is 461 g/mol. The summed E-state index contributed by atoms with van der Waals surface area (Å²) in [7, 11) is -3.80. The molecule has 6 nitrogen and oxygen atoms in total. The number of hydrogen-bond donors (Lipinski definition) is 1. The van der Waals surface area contributed by atoms with Gasteiger partial charge in [0.15, 0.2) is 0 Å². The minimum Gasteiger partial charge on any atom is -0.334 e. The molecule has 1 N–H and O–H groups in total. The molecule has 1 amide bonds. The minimum atomic E-state index is -3.80. The Kier molecular flexibility index (Phi) is 7.99. The maximum Gasteiger partial charge on any atom is 0.254 e. The van der Waals surface area contributed by atoms with E-state index in [4.69, 9.17) is 5.26 Å². The van der Waals surface area contributed by atoms with Crippen LogP contribution in [0.3, 0.4) is 0 Å². The Morgan fingerprint density at radius 3 is 2.33 bits per heavy atom. The maximum absolute atomic E-state index is 13.3. The van der Waals surface area contributed by atoms with Crippen LogP contribution < -0.4 is 4.72 Å². The standard InChI is InChI=1S/C26H27N3O3S/c1-3-15-29(19-23-12-10-21(17-27)11-13-23)26(30)24-14-9-20(2)25(16-24)33(31,32)28-18-22-7-5-4-6-8-22/h4-14,16,28H,3,15,18-19H2,1-2H3. The zero-order valence-electron chi connectivity index (χ0n) is 18.8. The van der Waals surface area contributed by atoms with E-state index in [-0.39, 0.29) is 17.3 Å². The van der Waals surface area contributed by atoms with E-state index < -0.39 is 10.0 Å². The van der Waals surface area contributed by atoms with Gasteiger partial charge in [-0.3, -0.25) is 4.79 Å². The number of amides is 1. The fourth-order valence-electron chi connectivity index (χ4n) is 3.48. The van der Waals surface area contributed by atoms with E-state index in [0.29, 0.717) is 29.8 Å². The molecule has 0 aliphatic rings. The van der Waals surface area contributed by atoms with Gasteiger partial charge in [0.2, 0.25) is 10.0 Å². The van der Waals surface area contributed by atoms with Crippen LogP contribution in [0.2, 0.25) is 0 Å². The molecular weight excluding hydrogens is 434 g/mol. The van der Waals surface area contributed by atoms with Crippen LogP contribution in [0.4, 0.5) is 0 Å². The van der Waals surface area contributed by atoms with Gasteiger partial charge in [-0.2, -0.15) is 5.26 Å². The summed E-state index contributed by atoms with van der Waals surface area (Å²) in [6.07, 6.45) is 0.762. The molecule has 7 heteroatoms. The number of hydrogen-bond acceptors (Lipinski definition) is 4. The van der Waals surface area contributed by atoms with Gasteiger partial charge in [0.25, 0.3) is 5.91 Å². The van der Waals surface area contributed by atoms with E-state index in [2.05, 4.69) is 10.8 Å². The number of carbonyl (C=O) groups is 1. The molecule has 170 valence electrons. The Labute approximate surface area is 195 Å². The van der Waals surface area contributed by atoms with E-state index >= 15 is 0 Å². The minimum absolute atomic E-state index is 0.0964. The Morgan fingerprint density at radius 1 is 1.00 bits per heavy atom. The van der Waals surface area contributed by atoms with Crippen molar-refractivity contribution < 1.29 is 13.2 Å². The van der Waals surface area contributed by atoms with Gasteiger partial charge in [0.1, 0.15) is 0 Å². The molecule has 0 heterocycles. The zero-order chi connectivity index (χ0) is 23.8. The first kappa shape index (κ1) is 24.2. The first-order valence-corrected chi connectivity index (χ1v) is 12.2. The van der Waals surface area contributed by atoms with Crippen molar-refractivity contribution in [3.63, 3.8) is 0 Å². The molecule has 0 saturated carbocycles. The average Bonchev–Trinajstić information content (AvgIpc) is 2.83. The number of aryl methyl sites for hydroxylation is 1. The van der Waals surface area contributed by atoms with E-state index in [1.54, 1.807) is 36.1 Å². The lowest BCUT2D eigenvalue weighted by molar-refractivity contribution is 0.0743. The number of sulfonamides is 1. The van der Waals surface area contributed by atoms with E-state index in [1.165, 1.54) is 6.07 Å². The predicted octanol–water partition coefficient (Wildman–Crippen LogP) is 4.40.